The number of nitrogens with zero attached hydrogens (tertiary/aromatic N) is 4. The molecule has 2 N–H and O–H groups in total. The molecule has 1 atom stereocenters. The van der Waals surface area contributed by atoms with Crippen LogP contribution in [0.4, 0.5) is 5.95 Å². The number of aromatic nitrogens is 4. The number of hydrogen-bond acceptors (Lipinski definition) is 6. The van der Waals surface area contributed by atoms with E-state index in [1.807, 2.05) is 5.38 Å². The molecule has 2 aromatic heterocycles. The van der Waals surface area contributed by atoms with Crippen LogP contribution in [0, 0.1) is 0 Å². The number of H-pyrrole nitrogens is 1. The van der Waals surface area contributed by atoms with Gasteiger partial charge in [-0.3, -0.25) is 5.10 Å². The number of rotatable bonds is 2. The zero-order valence-corrected chi connectivity index (χ0v) is 10.4. The third-order valence-electron chi connectivity index (χ3n) is 2.80. The van der Waals surface area contributed by atoms with E-state index >= 15 is 0 Å². The van der Waals surface area contributed by atoms with E-state index in [9.17, 15) is 0 Å². The van der Waals surface area contributed by atoms with Crippen LogP contribution in [-0.2, 0) is 0 Å². The Labute approximate surface area is 103 Å². The van der Waals surface area contributed by atoms with Gasteiger partial charge in [0.05, 0.1) is 5.51 Å². The van der Waals surface area contributed by atoms with E-state index in [1.165, 1.54) is 0 Å². The van der Waals surface area contributed by atoms with Crippen LogP contribution in [0.15, 0.2) is 10.9 Å². The first-order valence-electron chi connectivity index (χ1n) is 5.62. The molecule has 7 heteroatoms. The predicted octanol–water partition coefficient (Wildman–Crippen LogP) is 0.726. The average Bonchev–Trinajstić information content (AvgIpc) is 3.00. The van der Waals surface area contributed by atoms with Gasteiger partial charge in [-0.25, -0.2) is 4.98 Å². The fourth-order valence-electron chi connectivity index (χ4n) is 1.95. The molecular weight excluding hydrogens is 236 g/mol. The van der Waals surface area contributed by atoms with Crippen LogP contribution in [-0.4, -0.2) is 45.8 Å². The molecule has 3 heterocycles. The quantitative estimate of drug-likeness (QED) is 0.822. The van der Waals surface area contributed by atoms with Crippen molar-refractivity contribution in [3.05, 3.63) is 10.9 Å². The Hall–Kier alpha value is -1.47. The highest BCUT2D eigenvalue weighted by molar-refractivity contribution is 7.07. The summed E-state index contributed by atoms with van der Waals surface area (Å²) in [5, 5.41) is 12.6. The van der Waals surface area contributed by atoms with Crippen molar-refractivity contribution in [1.82, 2.24) is 25.5 Å². The molecule has 3 rings (SSSR count). The van der Waals surface area contributed by atoms with Crippen LogP contribution < -0.4 is 10.2 Å². The third-order valence-corrected chi connectivity index (χ3v) is 3.39. The molecule has 90 valence electrons. The van der Waals surface area contributed by atoms with Gasteiger partial charge in [0.15, 0.2) is 5.82 Å². The van der Waals surface area contributed by atoms with Gasteiger partial charge in [-0.15, -0.1) is 16.4 Å². The zero-order chi connectivity index (χ0) is 11.7. The SMILES string of the molecule is CC1CN(c2n[nH]c(-c3cscn3)n2)CCN1. The normalized spacial score (nSPS) is 20.8. The van der Waals surface area contributed by atoms with Gasteiger partial charge in [-0.2, -0.15) is 4.98 Å². The minimum absolute atomic E-state index is 0.477. The lowest BCUT2D eigenvalue weighted by molar-refractivity contribution is 0.480. The van der Waals surface area contributed by atoms with E-state index in [0.29, 0.717) is 6.04 Å². The average molecular weight is 250 g/mol. The summed E-state index contributed by atoms with van der Waals surface area (Å²) in [5.41, 5.74) is 2.65. The van der Waals surface area contributed by atoms with Gasteiger partial charge >= 0.3 is 0 Å². The number of hydrogen-bond donors (Lipinski definition) is 2. The van der Waals surface area contributed by atoms with Crippen molar-refractivity contribution in [2.75, 3.05) is 24.5 Å². The van der Waals surface area contributed by atoms with Crippen LogP contribution in [0.1, 0.15) is 6.92 Å². The number of aromatic amines is 1. The van der Waals surface area contributed by atoms with Crippen molar-refractivity contribution in [2.24, 2.45) is 0 Å². The fourth-order valence-corrected chi connectivity index (χ4v) is 2.49. The fraction of sp³-hybridized carbons (Fsp3) is 0.500. The summed E-state index contributed by atoms with van der Waals surface area (Å²) in [4.78, 5) is 10.9. The second-order valence-corrected chi connectivity index (χ2v) is 4.88. The van der Waals surface area contributed by atoms with Crippen LogP contribution in [0.2, 0.25) is 0 Å². The molecule has 0 bridgehead atoms. The minimum atomic E-state index is 0.477. The first-order chi connectivity index (χ1) is 8.33. The van der Waals surface area contributed by atoms with E-state index in [0.717, 1.165) is 37.1 Å². The Kier molecular flexibility index (Phi) is 2.77. The molecular formula is C10H14N6S. The Morgan fingerprint density at radius 1 is 1.53 bits per heavy atom. The number of thiazole rings is 1. The van der Waals surface area contributed by atoms with Crippen LogP contribution >= 0.6 is 11.3 Å². The summed E-state index contributed by atoms with van der Waals surface area (Å²) in [7, 11) is 0. The summed E-state index contributed by atoms with van der Waals surface area (Å²) in [6.45, 7) is 5.02. The summed E-state index contributed by atoms with van der Waals surface area (Å²) in [6, 6.07) is 0.477. The van der Waals surface area contributed by atoms with Crippen molar-refractivity contribution in [3.63, 3.8) is 0 Å². The molecule has 6 nitrogen and oxygen atoms in total. The predicted molar refractivity (Wildman–Crippen MR) is 67.2 cm³/mol. The monoisotopic (exact) mass is 250 g/mol. The summed E-state index contributed by atoms with van der Waals surface area (Å²) in [5.74, 6) is 1.51. The van der Waals surface area contributed by atoms with Crippen molar-refractivity contribution in [3.8, 4) is 11.5 Å². The van der Waals surface area contributed by atoms with Gasteiger partial charge in [0, 0.05) is 31.1 Å². The smallest absolute Gasteiger partial charge is 0.245 e. The molecule has 0 radical (unpaired) electrons. The highest BCUT2D eigenvalue weighted by atomic mass is 32.1. The lowest BCUT2D eigenvalue weighted by Gasteiger charge is -2.30. The minimum Gasteiger partial charge on any atom is -0.337 e. The number of anilines is 1. The molecule has 17 heavy (non-hydrogen) atoms. The van der Waals surface area contributed by atoms with Gasteiger partial charge < -0.3 is 10.2 Å². The molecule has 1 aliphatic rings. The van der Waals surface area contributed by atoms with E-state index < -0.39 is 0 Å². The largest absolute Gasteiger partial charge is 0.337 e. The molecule has 0 aromatic carbocycles. The third kappa shape index (κ3) is 2.16. The van der Waals surface area contributed by atoms with E-state index in [-0.39, 0.29) is 0 Å². The number of nitrogens with one attached hydrogen (secondary N) is 2. The van der Waals surface area contributed by atoms with Crippen LogP contribution in [0.5, 0.6) is 0 Å². The second-order valence-electron chi connectivity index (χ2n) is 4.16. The molecule has 2 aromatic rings. The van der Waals surface area contributed by atoms with Crippen molar-refractivity contribution < 1.29 is 0 Å². The van der Waals surface area contributed by atoms with Crippen molar-refractivity contribution >= 4 is 17.3 Å². The maximum atomic E-state index is 4.49. The topological polar surface area (TPSA) is 69.7 Å². The zero-order valence-electron chi connectivity index (χ0n) is 9.55. The lowest BCUT2D eigenvalue weighted by atomic mass is 10.2. The summed E-state index contributed by atoms with van der Waals surface area (Å²) >= 11 is 1.56. The first-order valence-corrected chi connectivity index (χ1v) is 6.56. The standard InChI is InChI=1S/C10H14N6S/c1-7-4-16(3-2-11-7)10-13-9(14-15-10)8-5-17-6-12-8/h5-7,11H,2-4H2,1H3,(H,13,14,15). The van der Waals surface area contributed by atoms with Crippen LogP contribution in [0.25, 0.3) is 11.5 Å². The van der Waals surface area contributed by atoms with E-state index in [4.69, 9.17) is 0 Å². The maximum absolute atomic E-state index is 4.49. The lowest BCUT2D eigenvalue weighted by Crippen LogP contribution is -2.49. The second kappa shape index (κ2) is 4.42. The molecule has 0 aliphatic carbocycles. The van der Waals surface area contributed by atoms with Crippen molar-refractivity contribution in [2.45, 2.75) is 13.0 Å². The van der Waals surface area contributed by atoms with Crippen LogP contribution in [0.3, 0.4) is 0 Å². The molecule has 1 unspecified atom stereocenters. The maximum Gasteiger partial charge on any atom is 0.245 e. The highest BCUT2D eigenvalue weighted by Gasteiger charge is 2.19. The van der Waals surface area contributed by atoms with Crippen molar-refractivity contribution in [1.29, 1.82) is 0 Å². The molecule has 1 fully saturated rings. The summed E-state index contributed by atoms with van der Waals surface area (Å²) < 4.78 is 0. The van der Waals surface area contributed by atoms with Gasteiger partial charge in [0.25, 0.3) is 0 Å². The van der Waals surface area contributed by atoms with Gasteiger partial charge in [-0.1, -0.05) is 0 Å². The molecule has 1 aliphatic heterocycles. The Bertz CT molecular complexity index is 479. The van der Waals surface area contributed by atoms with E-state index in [1.54, 1.807) is 16.8 Å². The molecule has 0 amide bonds. The van der Waals surface area contributed by atoms with Gasteiger partial charge in [0.1, 0.15) is 5.69 Å². The highest BCUT2D eigenvalue weighted by Crippen LogP contribution is 2.17. The van der Waals surface area contributed by atoms with Gasteiger partial charge in [-0.05, 0) is 6.92 Å². The Morgan fingerprint density at radius 3 is 3.24 bits per heavy atom. The van der Waals surface area contributed by atoms with E-state index in [2.05, 4.69) is 37.3 Å². The number of piperazine rings is 1. The summed E-state index contributed by atoms with van der Waals surface area (Å²) in [6.07, 6.45) is 0. The molecule has 0 saturated carbocycles. The Morgan fingerprint density at radius 2 is 2.47 bits per heavy atom. The molecule has 1 saturated heterocycles. The molecule has 0 spiro atoms. The van der Waals surface area contributed by atoms with Gasteiger partial charge in [0.2, 0.25) is 5.95 Å². The first kappa shape index (κ1) is 10.7. The Balaban J connectivity index is 1.80.